The molecular weight excluding hydrogens is 291 g/mol. The summed E-state index contributed by atoms with van der Waals surface area (Å²) in [7, 11) is 0.498. The van der Waals surface area contributed by atoms with E-state index in [4.69, 9.17) is 0 Å². The van der Waals surface area contributed by atoms with E-state index in [0.717, 1.165) is 16.4 Å². The molecular formula is C19H15O2P. The van der Waals surface area contributed by atoms with Crippen LogP contribution in [0.15, 0.2) is 78.9 Å². The second kappa shape index (κ2) is 6.55. The molecule has 0 saturated carbocycles. The third kappa shape index (κ3) is 3.08. The van der Waals surface area contributed by atoms with Crippen LogP contribution in [0.2, 0.25) is 0 Å². The SMILES string of the molecule is O=C(O)c1ccccc1-c1ccccc1Pc1ccccc1. The molecule has 0 aliphatic carbocycles. The number of benzene rings is 3. The third-order valence-corrected chi connectivity index (χ3v) is 4.75. The fourth-order valence-corrected chi connectivity index (χ4v) is 3.61. The summed E-state index contributed by atoms with van der Waals surface area (Å²) in [5, 5.41) is 11.8. The standard InChI is InChI=1S/C19H15O2P/c20-19(21)17-12-5-4-10-15(17)16-11-6-7-13-18(16)22-14-8-2-1-3-9-14/h1-13,22H,(H,20,21). The van der Waals surface area contributed by atoms with Crippen LogP contribution in [0.1, 0.15) is 10.4 Å². The first-order valence-corrected chi connectivity index (χ1v) is 7.99. The van der Waals surface area contributed by atoms with Gasteiger partial charge in [-0.25, -0.2) is 4.79 Å². The fraction of sp³-hybridized carbons (Fsp3) is 0. The molecule has 22 heavy (non-hydrogen) atoms. The summed E-state index contributed by atoms with van der Waals surface area (Å²) in [5.74, 6) is -0.895. The Hall–Kier alpha value is -2.44. The molecule has 3 rings (SSSR count). The van der Waals surface area contributed by atoms with E-state index in [1.54, 1.807) is 12.1 Å². The molecule has 1 atom stereocenters. The number of hydrogen-bond acceptors (Lipinski definition) is 1. The number of carboxylic acid groups (broad SMARTS) is 1. The Balaban J connectivity index is 2.08. The summed E-state index contributed by atoms with van der Waals surface area (Å²) in [4.78, 5) is 11.5. The number of aromatic carboxylic acids is 1. The highest BCUT2D eigenvalue weighted by Crippen LogP contribution is 2.26. The van der Waals surface area contributed by atoms with Gasteiger partial charge in [-0.3, -0.25) is 0 Å². The predicted molar refractivity (Wildman–Crippen MR) is 92.9 cm³/mol. The van der Waals surface area contributed by atoms with Crippen molar-refractivity contribution in [3.05, 3.63) is 84.4 Å². The molecule has 0 heterocycles. The molecule has 3 heteroatoms. The number of carboxylic acids is 1. The first-order valence-electron chi connectivity index (χ1n) is 6.99. The second-order valence-corrected chi connectivity index (χ2v) is 6.25. The van der Waals surface area contributed by atoms with Crippen LogP contribution in [0.3, 0.4) is 0 Å². The average Bonchev–Trinajstić information content (AvgIpc) is 2.56. The average molecular weight is 306 g/mol. The van der Waals surface area contributed by atoms with Gasteiger partial charge >= 0.3 is 5.97 Å². The third-order valence-electron chi connectivity index (χ3n) is 3.43. The maximum atomic E-state index is 11.5. The zero-order valence-electron chi connectivity index (χ0n) is 11.9. The molecule has 1 unspecified atom stereocenters. The lowest BCUT2D eigenvalue weighted by Crippen LogP contribution is -2.08. The topological polar surface area (TPSA) is 37.3 Å². The van der Waals surface area contributed by atoms with E-state index in [2.05, 4.69) is 18.2 Å². The van der Waals surface area contributed by atoms with Gasteiger partial charge in [0.25, 0.3) is 0 Å². The molecule has 3 aromatic carbocycles. The molecule has 0 spiro atoms. The van der Waals surface area contributed by atoms with Crippen molar-refractivity contribution in [2.24, 2.45) is 0 Å². The maximum Gasteiger partial charge on any atom is 0.336 e. The van der Waals surface area contributed by atoms with Gasteiger partial charge in [0.2, 0.25) is 0 Å². The van der Waals surface area contributed by atoms with E-state index >= 15 is 0 Å². The van der Waals surface area contributed by atoms with Crippen LogP contribution >= 0.6 is 8.58 Å². The van der Waals surface area contributed by atoms with Gasteiger partial charge in [0.1, 0.15) is 0 Å². The Morgan fingerprint density at radius 3 is 2.05 bits per heavy atom. The Kier molecular flexibility index (Phi) is 4.32. The van der Waals surface area contributed by atoms with Crippen LogP contribution < -0.4 is 10.6 Å². The van der Waals surface area contributed by atoms with Gasteiger partial charge in [-0.15, -0.1) is 0 Å². The number of hydrogen-bond donors (Lipinski definition) is 1. The Bertz CT molecular complexity index is 797. The van der Waals surface area contributed by atoms with E-state index in [1.807, 2.05) is 48.5 Å². The second-order valence-electron chi connectivity index (χ2n) is 4.89. The monoisotopic (exact) mass is 306 g/mol. The molecule has 0 radical (unpaired) electrons. The lowest BCUT2D eigenvalue weighted by atomic mass is 10.00. The molecule has 1 N–H and O–H groups in total. The lowest BCUT2D eigenvalue weighted by molar-refractivity contribution is 0.0698. The van der Waals surface area contributed by atoms with Crippen molar-refractivity contribution in [3.8, 4) is 11.1 Å². The molecule has 0 saturated heterocycles. The largest absolute Gasteiger partial charge is 0.478 e. The highest BCUT2D eigenvalue weighted by Gasteiger charge is 2.13. The van der Waals surface area contributed by atoms with Crippen LogP contribution in [0, 0.1) is 0 Å². The lowest BCUT2D eigenvalue weighted by Gasteiger charge is -2.12. The quantitative estimate of drug-likeness (QED) is 0.747. The summed E-state index contributed by atoms with van der Waals surface area (Å²) < 4.78 is 0. The van der Waals surface area contributed by atoms with Crippen molar-refractivity contribution in [3.63, 3.8) is 0 Å². The van der Waals surface area contributed by atoms with Gasteiger partial charge in [0.05, 0.1) is 5.56 Å². The minimum atomic E-state index is -0.895. The summed E-state index contributed by atoms with van der Waals surface area (Å²) in [5.41, 5.74) is 2.10. The van der Waals surface area contributed by atoms with E-state index in [0.29, 0.717) is 14.1 Å². The molecule has 0 fully saturated rings. The van der Waals surface area contributed by atoms with E-state index in [9.17, 15) is 9.90 Å². The predicted octanol–water partition coefficient (Wildman–Crippen LogP) is 3.68. The number of rotatable bonds is 4. The molecule has 2 nitrogen and oxygen atoms in total. The van der Waals surface area contributed by atoms with Gasteiger partial charge in [-0.2, -0.15) is 0 Å². The maximum absolute atomic E-state index is 11.5. The van der Waals surface area contributed by atoms with Gasteiger partial charge in [-0.1, -0.05) is 81.4 Å². The highest BCUT2D eigenvalue weighted by atomic mass is 31.1. The Morgan fingerprint density at radius 2 is 1.32 bits per heavy atom. The molecule has 0 bridgehead atoms. The first-order chi connectivity index (χ1) is 10.8. The highest BCUT2D eigenvalue weighted by molar-refractivity contribution is 7.55. The smallest absolute Gasteiger partial charge is 0.336 e. The van der Waals surface area contributed by atoms with Crippen molar-refractivity contribution in [2.75, 3.05) is 0 Å². The minimum Gasteiger partial charge on any atom is -0.478 e. The molecule has 108 valence electrons. The van der Waals surface area contributed by atoms with Crippen LogP contribution in [0.25, 0.3) is 11.1 Å². The summed E-state index contributed by atoms with van der Waals surface area (Å²) >= 11 is 0. The van der Waals surface area contributed by atoms with Gasteiger partial charge < -0.3 is 5.11 Å². The van der Waals surface area contributed by atoms with Crippen molar-refractivity contribution in [1.29, 1.82) is 0 Å². The Labute approximate surface area is 131 Å². The van der Waals surface area contributed by atoms with Crippen LogP contribution in [0.4, 0.5) is 0 Å². The number of carbonyl (C=O) groups is 1. The van der Waals surface area contributed by atoms with Crippen molar-refractivity contribution in [2.45, 2.75) is 0 Å². The fourth-order valence-electron chi connectivity index (χ4n) is 2.41. The first kappa shape index (κ1) is 14.5. The molecule has 0 aliphatic rings. The van der Waals surface area contributed by atoms with Crippen LogP contribution in [-0.4, -0.2) is 11.1 Å². The molecule has 0 aromatic heterocycles. The van der Waals surface area contributed by atoms with Crippen molar-refractivity contribution < 1.29 is 9.90 Å². The molecule has 0 amide bonds. The minimum absolute atomic E-state index is 0.341. The summed E-state index contributed by atoms with van der Waals surface area (Å²) in [6, 6.07) is 25.4. The molecule has 0 aliphatic heterocycles. The zero-order valence-corrected chi connectivity index (χ0v) is 12.9. The van der Waals surface area contributed by atoms with E-state index in [-0.39, 0.29) is 0 Å². The van der Waals surface area contributed by atoms with Crippen LogP contribution in [0.5, 0.6) is 0 Å². The van der Waals surface area contributed by atoms with Crippen LogP contribution in [-0.2, 0) is 0 Å². The van der Waals surface area contributed by atoms with Gasteiger partial charge in [0, 0.05) is 0 Å². The Morgan fingerprint density at radius 1 is 0.727 bits per heavy atom. The van der Waals surface area contributed by atoms with E-state index < -0.39 is 5.97 Å². The summed E-state index contributed by atoms with van der Waals surface area (Å²) in [6.07, 6.45) is 0. The van der Waals surface area contributed by atoms with E-state index in [1.165, 1.54) is 5.30 Å². The van der Waals surface area contributed by atoms with Gasteiger partial charge in [0.15, 0.2) is 0 Å². The van der Waals surface area contributed by atoms with Crippen molar-refractivity contribution >= 4 is 25.2 Å². The van der Waals surface area contributed by atoms with Crippen molar-refractivity contribution in [1.82, 2.24) is 0 Å². The molecule has 3 aromatic rings. The summed E-state index contributed by atoms with van der Waals surface area (Å²) in [6.45, 7) is 0. The van der Waals surface area contributed by atoms with Gasteiger partial charge in [-0.05, 0) is 27.8 Å². The zero-order chi connectivity index (χ0) is 15.4. The normalized spacial score (nSPS) is 10.9.